The molecule has 6 heteroatoms. The van der Waals surface area contributed by atoms with Crippen molar-refractivity contribution in [1.82, 2.24) is 10.1 Å². The smallest absolute Gasteiger partial charge is 0.543 e. The van der Waals surface area contributed by atoms with Crippen LogP contribution in [0.2, 0.25) is 0 Å². The zero-order chi connectivity index (χ0) is 12.4. The van der Waals surface area contributed by atoms with E-state index in [1.807, 2.05) is 13.8 Å². The zero-order valence-corrected chi connectivity index (χ0v) is 12.5. The van der Waals surface area contributed by atoms with E-state index in [1.165, 1.54) is 0 Å². The fraction of sp³-hybridized carbons (Fsp3) is 0.250. The van der Waals surface area contributed by atoms with Crippen molar-refractivity contribution in [1.29, 1.82) is 0 Å². The number of carbonyl (C=O) groups is 1. The van der Waals surface area contributed by atoms with Crippen LogP contribution in [0.15, 0.2) is 28.9 Å². The van der Waals surface area contributed by atoms with Crippen molar-refractivity contribution in [2.75, 3.05) is 0 Å². The minimum absolute atomic E-state index is 0. The average molecular weight is 254 g/mol. The van der Waals surface area contributed by atoms with Crippen molar-refractivity contribution in [3.63, 3.8) is 0 Å². The van der Waals surface area contributed by atoms with Gasteiger partial charge in [0.05, 0.1) is 5.97 Å². The second-order valence-corrected chi connectivity index (χ2v) is 3.93. The van der Waals surface area contributed by atoms with Crippen LogP contribution in [0.4, 0.5) is 0 Å². The van der Waals surface area contributed by atoms with Gasteiger partial charge in [0.15, 0.2) is 5.76 Å². The molecule has 18 heavy (non-hydrogen) atoms. The number of aromatic carboxylic acids is 1. The SMILES string of the molecule is CC(C)c1c(C(=O)[O-])noc1-c1ccccn1.[Na+]. The molecule has 0 saturated heterocycles. The quantitative estimate of drug-likeness (QED) is 0.605. The number of nitrogens with zero attached hydrogens (tertiary/aromatic N) is 2. The Balaban J connectivity index is 0.00000162. The third-order valence-corrected chi connectivity index (χ3v) is 2.40. The summed E-state index contributed by atoms with van der Waals surface area (Å²) in [7, 11) is 0. The molecule has 0 aromatic carbocycles. The minimum atomic E-state index is -1.33. The minimum Gasteiger partial charge on any atom is -0.543 e. The van der Waals surface area contributed by atoms with Crippen molar-refractivity contribution >= 4 is 5.97 Å². The molecule has 0 aliphatic carbocycles. The Bertz CT molecular complexity index is 538. The van der Waals surface area contributed by atoms with E-state index in [2.05, 4.69) is 10.1 Å². The maximum Gasteiger partial charge on any atom is 1.00 e. The van der Waals surface area contributed by atoms with Gasteiger partial charge in [-0.3, -0.25) is 4.98 Å². The Hall–Kier alpha value is -1.17. The first-order valence-corrected chi connectivity index (χ1v) is 5.23. The summed E-state index contributed by atoms with van der Waals surface area (Å²) >= 11 is 0. The molecular weight excluding hydrogens is 243 g/mol. The fourth-order valence-corrected chi connectivity index (χ4v) is 1.66. The molecule has 2 heterocycles. The van der Waals surface area contributed by atoms with E-state index < -0.39 is 5.97 Å². The molecule has 0 unspecified atom stereocenters. The molecule has 0 aliphatic rings. The first-order chi connectivity index (χ1) is 8.11. The first-order valence-electron chi connectivity index (χ1n) is 5.23. The van der Waals surface area contributed by atoms with Gasteiger partial charge in [-0.15, -0.1) is 0 Å². The number of carbonyl (C=O) groups excluding carboxylic acids is 1. The average Bonchev–Trinajstić information content (AvgIpc) is 2.74. The molecule has 0 spiro atoms. The summed E-state index contributed by atoms with van der Waals surface area (Å²) in [4.78, 5) is 15.0. The van der Waals surface area contributed by atoms with Crippen LogP contribution in [0.3, 0.4) is 0 Å². The van der Waals surface area contributed by atoms with Gasteiger partial charge in [-0.2, -0.15) is 0 Å². The van der Waals surface area contributed by atoms with Gasteiger partial charge < -0.3 is 14.4 Å². The summed E-state index contributed by atoms with van der Waals surface area (Å²) in [5, 5.41) is 14.5. The fourth-order valence-electron chi connectivity index (χ4n) is 1.66. The summed E-state index contributed by atoms with van der Waals surface area (Å²) in [6.45, 7) is 3.73. The van der Waals surface area contributed by atoms with Gasteiger partial charge in [0.25, 0.3) is 0 Å². The molecule has 0 N–H and O–H groups in total. The number of hydrogen-bond donors (Lipinski definition) is 0. The Morgan fingerprint density at radius 2 is 2.11 bits per heavy atom. The van der Waals surface area contributed by atoms with Crippen LogP contribution in [-0.4, -0.2) is 16.1 Å². The van der Waals surface area contributed by atoms with E-state index >= 15 is 0 Å². The third kappa shape index (κ3) is 2.80. The molecule has 2 aromatic heterocycles. The van der Waals surface area contributed by atoms with E-state index in [-0.39, 0.29) is 41.2 Å². The second-order valence-electron chi connectivity index (χ2n) is 3.93. The number of carboxylic acid groups (broad SMARTS) is 1. The van der Waals surface area contributed by atoms with Gasteiger partial charge in [-0.05, 0) is 18.1 Å². The van der Waals surface area contributed by atoms with E-state index in [0.29, 0.717) is 17.0 Å². The van der Waals surface area contributed by atoms with Gasteiger partial charge in [-0.1, -0.05) is 25.1 Å². The molecule has 5 nitrogen and oxygen atoms in total. The number of rotatable bonds is 3. The van der Waals surface area contributed by atoms with E-state index in [1.54, 1.807) is 24.4 Å². The van der Waals surface area contributed by atoms with Gasteiger partial charge in [-0.25, -0.2) is 0 Å². The maximum absolute atomic E-state index is 10.9. The molecule has 0 radical (unpaired) electrons. The molecular formula is C12H11N2NaO3. The zero-order valence-electron chi connectivity index (χ0n) is 10.5. The van der Waals surface area contributed by atoms with Crippen LogP contribution in [0, 0.1) is 0 Å². The van der Waals surface area contributed by atoms with Gasteiger partial charge >= 0.3 is 29.6 Å². The number of aromatic nitrogens is 2. The monoisotopic (exact) mass is 254 g/mol. The van der Waals surface area contributed by atoms with Crippen LogP contribution in [0.1, 0.15) is 35.8 Å². The van der Waals surface area contributed by atoms with Crippen LogP contribution in [0.5, 0.6) is 0 Å². The van der Waals surface area contributed by atoms with E-state index in [0.717, 1.165) is 0 Å². The topological polar surface area (TPSA) is 79.0 Å². The van der Waals surface area contributed by atoms with Gasteiger partial charge in [0.1, 0.15) is 11.4 Å². The third-order valence-electron chi connectivity index (χ3n) is 2.40. The number of hydrogen-bond acceptors (Lipinski definition) is 5. The first kappa shape index (κ1) is 14.9. The second kappa shape index (κ2) is 6.13. The van der Waals surface area contributed by atoms with Crippen LogP contribution < -0.4 is 34.7 Å². The predicted molar refractivity (Wildman–Crippen MR) is 58.2 cm³/mol. The molecule has 0 fully saturated rings. The summed E-state index contributed by atoms with van der Waals surface area (Å²) in [6, 6.07) is 5.31. The molecule has 0 aliphatic heterocycles. The standard InChI is InChI=1S/C12H12N2O3.Na/c1-7(2)9-10(12(15)16)14-17-11(9)8-5-3-4-6-13-8;/h3-7H,1-2H3,(H,15,16);/q;+1/p-1. The Morgan fingerprint density at radius 1 is 1.39 bits per heavy atom. The van der Waals surface area contributed by atoms with Crippen molar-refractivity contribution in [2.24, 2.45) is 0 Å². The Morgan fingerprint density at radius 3 is 2.61 bits per heavy atom. The van der Waals surface area contributed by atoms with Crippen LogP contribution >= 0.6 is 0 Å². The molecule has 2 aromatic rings. The number of pyridine rings is 1. The van der Waals surface area contributed by atoms with Crippen LogP contribution in [-0.2, 0) is 0 Å². The molecule has 88 valence electrons. The van der Waals surface area contributed by atoms with Crippen LogP contribution in [0.25, 0.3) is 11.5 Å². The molecule has 0 bridgehead atoms. The molecule has 2 rings (SSSR count). The van der Waals surface area contributed by atoms with Gasteiger partial charge in [0, 0.05) is 11.8 Å². The van der Waals surface area contributed by atoms with Gasteiger partial charge in [0.2, 0.25) is 0 Å². The molecule has 0 saturated carbocycles. The van der Waals surface area contributed by atoms with Crippen molar-refractivity contribution < 1.29 is 44.0 Å². The molecule has 0 atom stereocenters. The Kier molecular flexibility index (Phi) is 5.07. The Labute approximate surface area is 127 Å². The van der Waals surface area contributed by atoms with Crippen molar-refractivity contribution in [3.05, 3.63) is 35.7 Å². The maximum atomic E-state index is 10.9. The normalized spacial score (nSPS) is 10.2. The van der Waals surface area contributed by atoms with E-state index in [4.69, 9.17) is 4.52 Å². The summed E-state index contributed by atoms with van der Waals surface area (Å²) < 4.78 is 5.07. The predicted octanol–water partition coefficient (Wildman–Crippen LogP) is -1.77. The summed E-state index contributed by atoms with van der Waals surface area (Å²) in [5.41, 5.74) is 0.931. The summed E-state index contributed by atoms with van der Waals surface area (Å²) in [6.07, 6.45) is 1.61. The van der Waals surface area contributed by atoms with Crippen molar-refractivity contribution in [3.8, 4) is 11.5 Å². The van der Waals surface area contributed by atoms with E-state index in [9.17, 15) is 9.90 Å². The summed E-state index contributed by atoms with van der Waals surface area (Å²) in [5.74, 6) is -0.981. The van der Waals surface area contributed by atoms with Crippen molar-refractivity contribution in [2.45, 2.75) is 19.8 Å². The molecule has 0 amide bonds. The number of carboxylic acids is 1. The largest absolute Gasteiger partial charge is 1.00 e.